The molecule has 0 unspecified atom stereocenters. The van der Waals surface area contributed by atoms with Crippen molar-refractivity contribution < 1.29 is 4.52 Å². The number of benzene rings is 1. The Bertz CT molecular complexity index is 835. The van der Waals surface area contributed by atoms with Crippen LogP contribution in [0.1, 0.15) is 37.9 Å². The molecule has 3 aromatic rings. The van der Waals surface area contributed by atoms with Gasteiger partial charge in [-0.05, 0) is 18.6 Å². The Morgan fingerprint density at radius 2 is 2.09 bits per heavy atom. The second kappa shape index (κ2) is 6.09. The third kappa shape index (κ3) is 2.90. The normalized spacial score (nSPS) is 11.4. The van der Waals surface area contributed by atoms with E-state index in [4.69, 9.17) is 4.52 Å². The first kappa shape index (κ1) is 14.4. The van der Waals surface area contributed by atoms with Crippen LogP contribution in [0.5, 0.6) is 0 Å². The smallest absolute Gasteiger partial charge is 0.261 e. The first-order valence-corrected chi connectivity index (χ1v) is 7.42. The van der Waals surface area contributed by atoms with E-state index in [0.29, 0.717) is 24.2 Å². The van der Waals surface area contributed by atoms with Crippen molar-refractivity contribution in [2.24, 2.45) is 0 Å². The molecule has 3 rings (SSSR count). The van der Waals surface area contributed by atoms with Crippen LogP contribution in [0.3, 0.4) is 0 Å². The van der Waals surface area contributed by atoms with Gasteiger partial charge < -0.3 is 4.52 Å². The van der Waals surface area contributed by atoms with Gasteiger partial charge in [0.05, 0.1) is 17.2 Å². The van der Waals surface area contributed by atoms with Crippen molar-refractivity contribution in [1.29, 1.82) is 0 Å². The summed E-state index contributed by atoms with van der Waals surface area (Å²) in [4.78, 5) is 21.0. The van der Waals surface area contributed by atoms with E-state index in [2.05, 4.69) is 15.1 Å². The molecule has 0 aliphatic heterocycles. The van der Waals surface area contributed by atoms with Crippen molar-refractivity contribution >= 4 is 10.9 Å². The zero-order valence-corrected chi connectivity index (χ0v) is 12.7. The maximum absolute atomic E-state index is 12.3. The molecule has 0 aliphatic carbocycles. The van der Waals surface area contributed by atoms with E-state index in [0.717, 1.165) is 17.8 Å². The summed E-state index contributed by atoms with van der Waals surface area (Å²) >= 11 is 0. The molecule has 2 heterocycles. The van der Waals surface area contributed by atoms with Crippen molar-refractivity contribution in [3.63, 3.8) is 0 Å². The molecular formula is C16H18N4O2. The molecule has 0 radical (unpaired) electrons. The Balaban J connectivity index is 1.69. The van der Waals surface area contributed by atoms with Gasteiger partial charge in [0.2, 0.25) is 5.89 Å². The third-order valence-corrected chi connectivity index (χ3v) is 3.52. The molecule has 1 aromatic carbocycles. The van der Waals surface area contributed by atoms with Crippen LogP contribution in [-0.2, 0) is 13.0 Å². The lowest BCUT2D eigenvalue weighted by molar-refractivity contribution is 0.365. The molecule has 6 heteroatoms. The number of aryl methyl sites for hydroxylation is 2. The molecule has 0 spiro atoms. The van der Waals surface area contributed by atoms with Crippen LogP contribution in [0.25, 0.3) is 10.9 Å². The maximum atomic E-state index is 12.3. The molecule has 22 heavy (non-hydrogen) atoms. The fourth-order valence-electron chi connectivity index (χ4n) is 2.27. The molecule has 0 atom stereocenters. The molecule has 0 aliphatic rings. The summed E-state index contributed by atoms with van der Waals surface area (Å²) in [5, 5.41) is 4.58. The first-order chi connectivity index (χ1) is 10.6. The molecule has 0 amide bonds. The summed E-state index contributed by atoms with van der Waals surface area (Å²) in [6, 6.07) is 7.36. The fourth-order valence-corrected chi connectivity index (χ4v) is 2.27. The Morgan fingerprint density at radius 3 is 2.86 bits per heavy atom. The van der Waals surface area contributed by atoms with Crippen LogP contribution in [0.15, 0.2) is 39.9 Å². The van der Waals surface area contributed by atoms with E-state index in [1.165, 1.54) is 0 Å². The zero-order valence-electron chi connectivity index (χ0n) is 12.7. The van der Waals surface area contributed by atoms with E-state index >= 15 is 0 Å². The Morgan fingerprint density at radius 1 is 1.27 bits per heavy atom. The third-order valence-electron chi connectivity index (χ3n) is 3.52. The topological polar surface area (TPSA) is 73.8 Å². The highest BCUT2D eigenvalue weighted by molar-refractivity contribution is 5.76. The van der Waals surface area contributed by atoms with E-state index in [1.54, 1.807) is 17.0 Å². The fraction of sp³-hybridized carbons (Fsp3) is 0.375. The highest BCUT2D eigenvalue weighted by atomic mass is 16.5. The van der Waals surface area contributed by atoms with Gasteiger partial charge in [0.15, 0.2) is 5.82 Å². The number of nitrogens with zero attached hydrogens (tertiary/aromatic N) is 4. The lowest BCUT2D eigenvalue weighted by atomic mass is 10.2. The maximum Gasteiger partial charge on any atom is 0.261 e. The van der Waals surface area contributed by atoms with Crippen LogP contribution in [0.4, 0.5) is 0 Å². The van der Waals surface area contributed by atoms with Crippen LogP contribution in [0, 0.1) is 0 Å². The molecule has 114 valence electrons. The molecule has 6 nitrogen and oxygen atoms in total. The van der Waals surface area contributed by atoms with Crippen molar-refractivity contribution in [3.8, 4) is 0 Å². The molecule has 0 saturated carbocycles. The average molecular weight is 298 g/mol. The van der Waals surface area contributed by atoms with Crippen LogP contribution < -0.4 is 5.56 Å². The zero-order chi connectivity index (χ0) is 15.5. The van der Waals surface area contributed by atoms with Gasteiger partial charge in [-0.1, -0.05) is 31.1 Å². The van der Waals surface area contributed by atoms with Crippen molar-refractivity contribution in [2.45, 2.75) is 39.2 Å². The molecule has 0 fully saturated rings. The predicted octanol–water partition coefficient (Wildman–Crippen LogP) is 2.54. The van der Waals surface area contributed by atoms with Crippen molar-refractivity contribution in [2.75, 3.05) is 0 Å². The quantitative estimate of drug-likeness (QED) is 0.723. The van der Waals surface area contributed by atoms with Crippen molar-refractivity contribution in [3.05, 3.63) is 52.7 Å². The first-order valence-electron chi connectivity index (χ1n) is 7.42. The Kier molecular flexibility index (Phi) is 4.00. The minimum Gasteiger partial charge on any atom is -0.339 e. The van der Waals surface area contributed by atoms with E-state index in [-0.39, 0.29) is 11.5 Å². The summed E-state index contributed by atoms with van der Waals surface area (Å²) in [5.74, 6) is 1.59. The summed E-state index contributed by atoms with van der Waals surface area (Å²) in [6.45, 7) is 4.62. The van der Waals surface area contributed by atoms with E-state index in [9.17, 15) is 4.79 Å². The number of aromatic nitrogens is 4. The van der Waals surface area contributed by atoms with Crippen LogP contribution in [0.2, 0.25) is 0 Å². The summed E-state index contributed by atoms with van der Waals surface area (Å²) < 4.78 is 6.83. The minimum absolute atomic E-state index is 0.0148. The number of hydrogen-bond donors (Lipinski definition) is 0. The molecular weight excluding hydrogens is 280 g/mol. The van der Waals surface area contributed by atoms with Gasteiger partial charge in [-0.3, -0.25) is 9.36 Å². The second-order valence-corrected chi connectivity index (χ2v) is 5.56. The lowest BCUT2D eigenvalue weighted by Crippen LogP contribution is -2.20. The van der Waals surface area contributed by atoms with E-state index < -0.39 is 0 Å². The molecule has 0 saturated heterocycles. The molecule has 2 aromatic heterocycles. The average Bonchev–Trinajstić information content (AvgIpc) is 2.99. The minimum atomic E-state index is -0.0148. The standard InChI is InChI=1S/C16H18N4O2/c1-11(2)15-18-14(22-19-15)8-5-9-20-10-17-13-7-4-3-6-12(13)16(20)21/h3-4,6-7,10-11H,5,8-9H2,1-2H3. The van der Waals surface area contributed by atoms with Gasteiger partial charge in [-0.2, -0.15) is 4.98 Å². The summed E-state index contributed by atoms with van der Waals surface area (Å²) in [7, 11) is 0. The highest BCUT2D eigenvalue weighted by Crippen LogP contribution is 2.11. The number of hydrogen-bond acceptors (Lipinski definition) is 5. The molecule has 0 bridgehead atoms. The number of para-hydroxylation sites is 1. The van der Waals surface area contributed by atoms with Gasteiger partial charge >= 0.3 is 0 Å². The van der Waals surface area contributed by atoms with E-state index in [1.807, 2.05) is 32.0 Å². The Hall–Kier alpha value is -2.50. The SMILES string of the molecule is CC(C)c1noc(CCCn2cnc3ccccc3c2=O)n1. The van der Waals surface area contributed by atoms with Crippen LogP contribution >= 0.6 is 0 Å². The van der Waals surface area contributed by atoms with Gasteiger partial charge in [0, 0.05) is 18.9 Å². The Labute approximate surface area is 127 Å². The van der Waals surface area contributed by atoms with Gasteiger partial charge in [0.25, 0.3) is 5.56 Å². The van der Waals surface area contributed by atoms with Gasteiger partial charge in [-0.15, -0.1) is 0 Å². The monoisotopic (exact) mass is 298 g/mol. The largest absolute Gasteiger partial charge is 0.339 e. The number of fused-ring (bicyclic) bond motifs is 1. The van der Waals surface area contributed by atoms with Gasteiger partial charge in [-0.25, -0.2) is 4.98 Å². The van der Waals surface area contributed by atoms with Crippen LogP contribution in [-0.4, -0.2) is 19.7 Å². The summed E-state index contributed by atoms with van der Waals surface area (Å²) in [6.07, 6.45) is 3.00. The summed E-state index contributed by atoms with van der Waals surface area (Å²) in [5.41, 5.74) is 0.709. The second-order valence-electron chi connectivity index (χ2n) is 5.56. The highest BCUT2D eigenvalue weighted by Gasteiger charge is 2.09. The molecule has 0 N–H and O–H groups in total. The van der Waals surface area contributed by atoms with Gasteiger partial charge in [0.1, 0.15) is 0 Å². The van der Waals surface area contributed by atoms with Crippen molar-refractivity contribution in [1.82, 2.24) is 19.7 Å². The predicted molar refractivity (Wildman–Crippen MR) is 82.7 cm³/mol. The lowest BCUT2D eigenvalue weighted by Gasteiger charge is -2.05. The number of rotatable bonds is 5.